The number of aliphatic hydroxyl groups is 1. The van der Waals surface area contributed by atoms with Gasteiger partial charge in [-0.3, -0.25) is 0 Å². The van der Waals surface area contributed by atoms with Crippen molar-refractivity contribution in [1.82, 2.24) is 0 Å². The summed E-state index contributed by atoms with van der Waals surface area (Å²) in [6.45, 7) is 0. The SMILES string of the molecule is COc1ccc(Cl)cc1CC(O)CSc1ccc(Br)cc1. The normalized spacial score (nSPS) is 12.2. The molecule has 112 valence electrons. The van der Waals surface area contributed by atoms with Gasteiger partial charge in [-0.05, 0) is 48.0 Å². The van der Waals surface area contributed by atoms with Crippen molar-refractivity contribution in [1.29, 1.82) is 0 Å². The Bertz CT molecular complexity index is 589. The fourth-order valence-electron chi connectivity index (χ4n) is 1.94. The van der Waals surface area contributed by atoms with E-state index in [1.165, 1.54) is 0 Å². The standard InChI is InChI=1S/C16H16BrClO2S/c1-20-16-7-4-13(18)8-11(16)9-14(19)10-21-15-5-2-12(17)3-6-15/h2-8,14,19H,9-10H2,1H3. The third-order valence-electron chi connectivity index (χ3n) is 2.95. The number of benzene rings is 2. The van der Waals surface area contributed by atoms with E-state index in [1.54, 1.807) is 24.9 Å². The van der Waals surface area contributed by atoms with Crippen molar-refractivity contribution >= 4 is 39.3 Å². The van der Waals surface area contributed by atoms with Crippen molar-refractivity contribution in [2.75, 3.05) is 12.9 Å². The van der Waals surface area contributed by atoms with Gasteiger partial charge in [-0.1, -0.05) is 27.5 Å². The first-order valence-corrected chi connectivity index (χ1v) is 8.63. The van der Waals surface area contributed by atoms with Crippen LogP contribution in [0.25, 0.3) is 0 Å². The Balaban J connectivity index is 1.94. The second-order valence-corrected chi connectivity index (χ2v) is 7.02. The van der Waals surface area contributed by atoms with Gasteiger partial charge in [-0.2, -0.15) is 0 Å². The molecule has 5 heteroatoms. The summed E-state index contributed by atoms with van der Waals surface area (Å²) in [5.41, 5.74) is 0.925. The lowest BCUT2D eigenvalue weighted by molar-refractivity contribution is 0.199. The second kappa shape index (κ2) is 8.08. The van der Waals surface area contributed by atoms with Crippen LogP contribution >= 0.6 is 39.3 Å². The fraction of sp³-hybridized carbons (Fsp3) is 0.250. The molecule has 1 N–H and O–H groups in total. The first kappa shape index (κ1) is 16.7. The fourth-order valence-corrected chi connectivity index (χ4v) is 3.23. The maximum Gasteiger partial charge on any atom is 0.122 e. The highest BCUT2D eigenvalue weighted by molar-refractivity contribution is 9.10. The molecular formula is C16H16BrClO2S. The monoisotopic (exact) mass is 386 g/mol. The summed E-state index contributed by atoms with van der Waals surface area (Å²) in [5, 5.41) is 10.9. The zero-order valence-corrected chi connectivity index (χ0v) is 14.7. The molecule has 0 amide bonds. The molecule has 2 nitrogen and oxygen atoms in total. The molecule has 1 atom stereocenters. The average molecular weight is 388 g/mol. The lowest BCUT2D eigenvalue weighted by atomic mass is 10.1. The molecule has 0 bridgehead atoms. The summed E-state index contributed by atoms with van der Waals surface area (Å²) >= 11 is 11.0. The van der Waals surface area contributed by atoms with Crippen LogP contribution in [0.2, 0.25) is 5.02 Å². The predicted octanol–water partition coefficient (Wildman–Crippen LogP) is 4.81. The van der Waals surface area contributed by atoms with Crippen LogP contribution in [-0.2, 0) is 6.42 Å². The molecule has 0 aromatic heterocycles. The van der Waals surface area contributed by atoms with Gasteiger partial charge in [-0.25, -0.2) is 0 Å². The van der Waals surface area contributed by atoms with E-state index < -0.39 is 6.10 Å². The largest absolute Gasteiger partial charge is 0.496 e. The van der Waals surface area contributed by atoms with Crippen LogP contribution in [0.4, 0.5) is 0 Å². The van der Waals surface area contributed by atoms with Gasteiger partial charge in [0.1, 0.15) is 5.75 Å². The smallest absolute Gasteiger partial charge is 0.122 e. The number of thioether (sulfide) groups is 1. The van der Waals surface area contributed by atoms with E-state index in [2.05, 4.69) is 15.9 Å². The Kier molecular flexibility index (Phi) is 6.42. The predicted molar refractivity (Wildman–Crippen MR) is 92.6 cm³/mol. The van der Waals surface area contributed by atoms with Gasteiger partial charge in [0, 0.05) is 26.6 Å². The number of aliphatic hydroxyl groups excluding tert-OH is 1. The van der Waals surface area contributed by atoms with Gasteiger partial charge in [0.2, 0.25) is 0 Å². The molecule has 2 aromatic rings. The quantitative estimate of drug-likeness (QED) is 0.722. The first-order valence-electron chi connectivity index (χ1n) is 6.47. The Hall–Kier alpha value is -0.680. The maximum atomic E-state index is 10.2. The van der Waals surface area contributed by atoms with Crippen molar-refractivity contribution in [3.05, 3.63) is 57.5 Å². The van der Waals surface area contributed by atoms with Crippen molar-refractivity contribution in [2.45, 2.75) is 17.4 Å². The number of methoxy groups -OCH3 is 1. The third-order valence-corrected chi connectivity index (χ3v) is 4.87. The summed E-state index contributed by atoms with van der Waals surface area (Å²) in [6.07, 6.45) is 0.0683. The minimum Gasteiger partial charge on any atom is -0.496 e. The molecule has 1 unspecified atom stereocenters. The summed E-state index contributed by atoms with van der Waals surface area (Å²) in [5.74, 6) is 1.38. The van der Waals surface area contributed by atoms with Crippen LogP contribution in [0.5, 0.6) is 5.75 Å². The van der Waals surface area contributed by atoms with Crippen LogP contribution in [0.1, 0.15) is 5.56 Å². The Labute approximate surface area is 142 Å². The van der Waals surface area contributed by atoms with Gasteiger partial charge in [0.25, 0.3) is 0 Å². The molecule has 0 heterocycles. The van der Waals surface area contributed by atoms with E-state index in [0.717, 1.165) is 20.7 Å². The van der Waals surface area contributed by atoms with Crippen LogP contribution in [-0.4, -0.2) is 24.1 Å². The van der Waals surface area contributed by atoms with Crippen LogP contribution < -0.4 is 4.74 Å². The van der Waals surface area contributed by atoms with Gasteiger partial charge < -0.3 is 9.84 Å². The highest BCUT2D eigenvalue weighted by atomic mass is 79.9. The van der Waals surface area contributed by atoms with Gasteiger partial charge >= 0.3 is 0 Å². The highest BCUT2D eigenvalue weighted by Crippen LogP contribution is 2.26. The van der Waals surface area contributed by atoms with E-state index >= 15 is 0 Å². The summed E-state index contributed by atoms with van der Waals surface area (Å²) in [7, 11) is 1.62. The van der Waals surface area contributed by atoms with Crippen molar-refractivity contribution in [3.63, 3.8) is 0 Å². The van der Waals surface area contributed by atoms with E-state index in [-0.39, 0.29) is 0 Å². The molecule has 0 spiro atoms. The summed E-state index contributed by atoms with van der Waals surface area (Å²) in [4.78, 5) is 1.13. The van der Waals surface area contributed by atoms with Crippen molar-refractivity contribution in [3.8, 4) is 5.75 Å². The minimum atomic E-state index is -0.453. The number of halogens is 2. The van der Waals surface area contributed by atoms with E-state index in [9.17, 15) is 5.11 Å². The van der Waals surface area contributed by atoms with Crippen LogP contribution in [0.15, 0.2) is 51.8 Å². The molecule has 2 aromatic carbocycles. The van der Waals surface area contributed by atoms with Crippen LogP contribution in [0, 0.1) is 0 Å². The third kappa shape index (κ3) is 5.22. The molecule has 0 aliphatic heterocycles. The Morgan fingerprint density at radius 3 is 2.62 bits per heavy atom. The molecular weight excluding hydrogens is 372 g/mol. The molecule has 2 rings (SSSR count). The molecule has 0 fully saturated rings. The molecule has 0 saturated carbocycles. The van der Waals surface area contributed by atoms with E-state index in [0.29, 0.717) is 17.2 Å². The zero-order valence-electron chi connectivity index (χ0n) is 11.6. The minimum absolute atomic E-state index is 0.453. The Morgan fingerprint density at radius 2 is 1.95 bits per heavy atom. The van der Waals surface area contributed by atoms with Crippen molar-refractivity contribution in [2.24, 2.45) is 0 Å². The molecule has 0 saturated heterocycles. The van der Waals surface area contributed by atoms with E-state index in [1.807, 2.05) is 36.4 Å². The lowest BCUT2D eigenvalue weighted by Gasteiger charge is -2.13. The lowest BCUT2D eigenvalue weighted by Crippen LogP contribution is -2.14. The molecule has 0 radical (unpaired) electrons. The number of hydrogen-bond acceptors (Lipinski definition) is 3. The molecule has 21 heavy (non-hydrogen) atoms. The van der Waals surface area contributed by atoms with Gasteiger partial charge in [-0.15, -0.1) is 11.8 Å². The van der Waals surface area contributed by atoms with Gasteiger partial charge in [0.05, 0.1) is 13.2 Å². The molecule has 0 aliphatic carbocycles. The van der Waals surface area contributed by atoms with Crippen LogP contribution in [0.3, 0.4) is 0 Å². The van der Waals surface area contributed by atoms with E-state index in [4.69, 9.17) is 16.3 Å². The summed E-state index contributed by atoms with van der Waals surface area (Å²) < 4.78 is 6.35. The zero-order chi connectivity index (χ0) is 15.2. The second-order valence-electron chi connectivity index (χ2n) is 4.58. The first-order chi connectivity index (χ1) is 10.1. The number of ether oxygens (including phenoxy) is 1. The van der Waals surface area contributed by atoms with Gasteiger partial charge in [0.15, 0.2) is 0 Å². The topological polar surface area (TPSA) is 29.5 Å². The maximum absolute atomic E-state index is 10.2. The Morgan fingerprint density at radius 1 is 1.24 bits per heavy atom. The summed E-state index contributed by atoms with van der Waals surface area (Å²) in [6, 6.07) is 13.5. The van der Waals surface area contributed by atoms with Crippen molar-refractivity contribution < 1.29 is 9.84 Å². The highest BCUT2D eigenvalue weighted by Gasteiger charge is 2.11. The number of hydrogen-bond donors (Lipinski definition) is 1. The average Bonchev–Trinajstić information content (AvgIpc) is 2.47. The molecule has 0 aliphatic rings. The number of rotatable bonds is 6.